The summed E-state index contributed by atoms with van der Waals surface area (Å²) in [5.41, 5.74) is 2.93. The lowest BCUT2D eigenvalue weighted by Crippen LogP contribution is -2.33. The fraction of sp³-hybridized carbons (Fsp3) is 0.333. The van der Waals surface area contributed by atoms with Gasteiger partial charge in [0.1, 0.15) is 6.10 Å². The number of esters is 2. The van der Waals surface area contributed by atoms with Gasteiger partial charge >= 0.3 is 11.9 Å². The van der Waals surface area contributed by atoms with Crippen LogP contribution in [0.15, 0.2) is 36.8 Å². The van der Waals surface area contributed by atoms with Gasteiger partial charge in [-0.25, -0.2) is 9.78 Å². The van der Waals surface area contributed by atoms with Crippen LogP contribution in [-0.4, -0.2) is 56.6 Å². The molecule has 6 rings (SSSR count). The van der Waals surface area contributed by atoms with Crippen molar-refractivity contribution in [2.75, 3.05) is 34.7 Å². The van der Waals surface area contributed by atoms with Crippen LogP contribution in [0.1, 0.15) is 27.7 Å². The highest BCUT2D eigenvalue weighted by molar-refractivity contribution is 5.88. The molecule has 1 aromatic heterocycles. The maximum Gasteiger partial charge on any atom is 0.359 e. The normalized spacial score (nSPS) is 20.7. The predicted octanol–water partition coefficient (Wildman–Crippen LogP) is 3.14. The standard InChI is InChI=1S/C27H24N2O9/c1-32-19-6-13(7-20(33-2)24(19)34-3)22-14-8-16-17(11-35-26(16)30)23(15(14)9-21-25(22)37-12-36-21)38-27(31)18-10-28-4-5-29-18/h4-7,9-10,16-17,23H,8,11-12H2,1-3H3/t16-,17+,23+/m1/s1. The molecule has 3 heterocycles. The second-order valence-electron chi connectivity index (χ2n) is 8.99. The summed E-state index contributed by atoms with van der Waals surface area (Å²) in [5, 5.41) is 0. The van der Waals surface area contributed by atoms with Crippen LogP contribution in [0.2, 0.25) is 0 Å². The molecule has 3 atom stereocenters. The summed E-state index contributed by atoms with van der Waals surface area (Å²) < 4.78 is 39.8. The second-order valence-corrected chi connectivity index (χ2v) is 8.99. The van der Waals surface area contributed by atoms with Gasteiger partial charge in [-0.1, -0.05) is 0 Å². The SMILES string of the molecule is COc1cc(-c2c3c(cc4c2OCO4)[C@H](OC(=O)c2cnccn2)[C@H]2COC(=O)[C@@H]2C3)cc(OC)c1OC. The molecule has 0 spiro atoms. The molecule has 0 unspecified atom stereocenters. The minimum Gasteiger partial charge on any atom is -0.493 e. The van der Waals surface area contributed by atoms with Gasteiger partial charge in [-0.2, -0.15) is 0 Å². The number of cyclic esters (lactones) is 1. The topological polar surface area (TPSA) is 125 Å². The van der Waals surface area contributed by atoms with Crippen molar-refractivity contribution >= 4 is 11.9 Å². The third kappa shape index (κ3) is 3.73. The molecule has 2 aliphatic heterocycles. The fourth-order valence-corrected chi connectivity index (χ4v) is 5.40. The Morgan fingerprint density at radius 2 is 1.79 bits per heavy atom. The van der Waals surface area contributed by atoms with Crippen LogP contribution >= 0.6 is 0 Å². The predicted molar refractivity (Wildman–Crippen MR) is 129 cm³/mol. The van der Waals surface area contributed by atoms with Gasteiger partial charge in [0.15, 0.2) is 28.7 Å². The summed E-state index contributed by atoms with van der Waals surface area (Å²) in [6, 6.07) is 5.42. The van der Waals surface area contributed by atoms with Crippen molar-refractivity contribution in [2.24, 2.45) is 11.8 Å². The van der Waals surface area contributed by atoms with Crippen LogP contribution < -0.4 is 23.7 Å². The molecule has 11 heteroatoms. The van der Waals surface area contributed by atoms with E-state index in [1.807, 2.05) is 6.07 Å². The van der Waals surface area contributed by atoms with Crippen LogP contribution in [0, 0.1) is 11.8 Å². The molecule has 0 saturated carbocycles. The van der Waals surface area contributed by atoms with Gasteiger partial charge in [0.25, 0.3) is 0 Å². The Morgan fingerprint density at radius 3 is 2.47 bits per heavy atom. The van der Waals surface area contributed by atoms with E-state index < -0.39 is 18.0 Å². The number of hydrogen-bond acceptors (Lipinski definition) is 11. The van der Waals surface area contributed by atoms with Crippen molar-refractivity contribution < 1.29 is 42.7 Å². The monoisotopic (exact) mass is 520 g/mol. The first-order valence-corrected chi connectivity index (χ1v) is 11.9. The van der Waals surface area contributed by atoms with E-state index in [9.17, 15) is 9.59 Å². The van der Waals surface area contributed by atoms with E-state index in [-0.39, 0.29) is 31.0 Å². The first-order chi connectivity index (χ1) is 18.5. The minimum absolute atomic E-state index is 0.0224. The van der Waals surface area contributed by atoms with Gasteiger partial charge in [-0.05, 0) is 35.7 Å². The zero-order valence-electron chi connectivity index (χ0n) is 20.9. The van der Waals surface area contributed by atoms with Crippen molar-refractivity contribution in [1.29, 1.82) is 0 Å². The van der Waals surface area contributed by atoms with Crippen LogP contribution in [0.4, 0.5) is 0 Å². The molecule has 0 bridgehead atoms. The Kier molecular flexibility index (Phi) is 5.90. The Bertz CT molecular complexity index is 1400. The maximum absolute atomic E-state index is 13.1. The van der Waals surface area contributed by atoms with Gasteiger partial charge in [-0.15, -0.1) is 0 Å². The van der Waals surface area contributed by atoms with E-state index in [2.05, 4.69) is 9.97 Å². The molecule has 196 valence electrons. The van der Waals surface area contributed by atoms with Crippen molar-refractivity contribution in [1.82, 2.24) is 9.97 Å². The molecule has 1 saturated heterocycles. The first-order valence-electron chi connectivity index (χ1n) is 11.9. The number of carbonyl (C=O) groups is 2. The maximum atomic E-state index is 13.1. The lowest BCUT2D eigenvalue weighted by molar-refractivity contribution is -0.141. The van der Waals surface area contributed by atoms with E-state index in [1.54, 1.807) is 12.1 Å². The lowest BCUT2D eigenvalue weighted by Gasteiger charge is -2.34. The molecule has 3 aromatic rings. The molecule has 38 heavy (non-hydrogen) atoms. The molecule has 2 aromatic carbocycles. The summed E-state index contributed by atoms with van der Waals surface area (Å²) in [7, 11) is 4.60. The second kappa shape index (κ2) is 9.40. The zero-order valence-corrected chi connectivity index (χ0v) is 20.9. The fourth-order valence-electron chi connectivity index (χ4n) is 5.40. The smallest absolute Gasteiger partial charge is 0.359 e. The Hall–Kier alpha value is -4.54. The minimum atomic E-state index is -0.792. The number of hydrogen-bond donors (Lipinski definition) is 0. The summed E-state index contributed by atoms with van der Waals surface area (Å²) in [4.78, 5) is 33.9. The van der Waals surface area contributed by atoms with Gasteiger partial charge < -0.3 is 33.2 Å². The van der Waals surface area contributed by atoms with E-state index in [0.29, 0.717) is 51.9 Å². The molecular weight excluding hydrogens is 496 g/mol. The van der Waals surface area contributed by atoms with Crippen LogP contribution in [-0.2, 0) is 20.7 Å². The van der Waals surface area contributed by atoms with Crippen LogP contribution in [0.5, 0.6) is 28.7 Å². The molecule has 0 radical (unpaired) electrons. The van der Waals surface area contributed by atoms with Crippen LogP contribution in [0.3, 0.4) is 0 Å². The molecule has 1 fully saturated rings. The third-order valence-corrected chi connectivity index (χ3v) is 7.12. The van der Waals surface area contributed by atoms with Gasteiger partial charge in [-0.3, -0.25) is 9.78 Å². The number of aromatic nitrogens is 2. The Labute approximate surface area is 217 Å². The summed E-state index contributed by atoms with van der Waals surface area (Å²) in [6.45, 7) is 0.157. The van der Waals surface area contributed by atoms with Gasteiger partial charge in [0.2, 0.25) is 12.5 Å². The van der Waals surface area contributed by atoms with Gasteiger partial charge in [0, 0.05) is 29.4 Å². The molecule has 3 aliphatic rings. The van der Waals surface area contributed by atoms with E-state index >= 15 is 0 Å². The highest BCUT2D eigenvalue weighted by atomic mass is 16.7. The van der Waals surface area contributed by atoms with E-state index in [4.69, 9.17) is 33.2 Å². The molecule has 1 aliphatic carbocycles. The van der Waals surface area contributed by atoms with Crippen molar-refractivity contribution in [3.05, 3.63) is 53.6 Å². The molecule has 0 N–H and O–H groups in total. The number of rotatable bonds is 6. The summed E-state index contributed by atoms with van der Waals surface area (Å²) in [6.07, 6.45) is 3.79. The number of ether oxygens (including phenoxy) is 7. The summed E-state index contributed by atoms with van der Waals surface area (Å²) >= 11 is 0. The largest absolute Gasteiger partial charge is 0.493 e. The Balaban J connectivity index is 1.54. The number of nitrogens with zero attached hydrogens (tertiary/aromatic N) is 2. The molecular formula is C27H24N2O9. The molecule has 11 nitrogen and oxygen atoms in total. The number of benzene rings is 2. The Morgan fingerprint density at radius 1 is 1.00 bits per heavy atom. The van der Waals surface area contributed by atoms with Crippen LogP contribution in [0.25, 0.3) is 11.1 Å². The third-order valence-electron chi connectivity index (χ3n) is 7.12. The van der Waals surface area contributed by atoms with Crippen molar-refractivity contribution in [2.45, 2.75) is 12.5 Å². The highest BCUT2D eigenvalue weighted by Crippen LogP contribution is 2.55. The first kappa shape index (κ1) is 23.8. The zero-order chi connectivity index (χ0) is 26.4. The number of fused-ring (bicyclic) bond motifs is 3. The molecule has 0 amide bonds. The van der Waals surface area contributed by atoms with E-state index in [0.717, 1.165) is 5.56 Å². The van der Waals surface area contributed by atoms with E-state index in [1.165, 1.54) is 39.9 Å². The average molecular weight is 520 g/mol. The van der Waals surface area contributed by atoms with Crippen molar-refractivity contribution in [3.63, 3.8) is 0 Å². The quantitative estimate of drug-likeness (QED) is 0.445. The van der Waals surface area contributed by atoms with Gasteiger partial charge in [0.05, 0.1) is 40.1 Å². The highest BCUT2D eigenvalue weighted by Gasteiger charge is 2.50. The lowest BCUT2D eigenvalue weighted by atomic mass is 9.73. The average Bonchev–Trinajstić information content (AvgIpc) is 3.57. The van der Waals surface area contributed by atoms with Crippen molar-refractivity contribution in [3.8, 4) is 39.9 Å². The number of carbonyl (C=O) groups excluding carboxylic acids is 2. The number of methoxy groups -OCH3 is 3. The summed E-state index contributed by atoms with van der Waals surface area (Å²) in [5.74, 6) is 0.479.